The molecule has 0 radical (unpaired) electrons. The van der Waals surface area contributed by atoms with Crippen LogP contribution in [0.15, 0.2) is 0 Å². The summed E-state index contributed by atoms with van der Waals surface area (Å²) < 4.78 is 45.6. The van der Waals surface area contributed by atoms with E-state index in [9.17, 15) is 17.5 Å². The van der Waals surface area contributed by atoms with Gasteiger partial charge in [-0.25, -0.2) is 8.78 Å². The molecule has 0 aromatic rings. The maximum atomic E-state index is 12.6. The van der Waals surface area contributed by atoms with Crippen LogP contribution in [0.2, 0.25) is 0 Å². The summed E-state index contributed by atoms with van der Waals surface area (Å²) >= 11 is -2.08. The monoisotopic (exact) mass is 220 g/mol. The van der Waals surface area contributed by atoms with Crippen LogP contribution in [0.4, 0.5) is 8.78 Å². The van der Waals surface area contributed by atoms with Gasteiger partial charge in [0.05, 0.1) is 0 Å². The van der Waals surface area contributed by atoms with Crippen LogP contribution in [0, 0.1) is 5.92 Å². The van der Waals surface area contributed by atoms with Crippen LogP contribution in [0.25, 0.3) is 0 Å². The fourth-order valence-electron chi connectivity index (χ4n) is 1.46. The normalized spacial score (nSPS) is 24.8. The molecule has 0 aromatic heterocycles. The van der Waals surface area contributed by atoms with E-state index in [1.807, 2.05) is 0 Å². The Morgan fingerprint density at radius 1 is 1.38 bits per heavy atom. The van der Waals surface area contributed by atoms with Gasteiger partial charge in [0, 0.05) is 18.6 Å². The molecule has 0 saturated heterocycles. The Kier molecular flexibility index (Phi) is 6.18. The molecule has 1 fully saturated rings. The first kappa shape index (κ1) is 14.0. The van der Waals surface area contributed by atoms with E-state index in [0.29, 0.717) is 12.8 Å². The summed E-state index contributed by atoms with van der Waals surface area (Å²) in [5, 5.41) is 0. The van der Waals surface area contributed by atoms with Crippen molar-refractivity contribution in [1.29, 1.82) is 0 Å². The van der Waals surface area contributed by atoms with Crippen molar-refractivity contribution in [3.8, 4) is 0 Å². The average molecular weight is 220 g/mol. The summed E-state index contributed by atoms with van der Waals surface area (Å²) in [5.74, 6) is -2.57. The SMILES string of the molecule is O=S([O-])CC1CCC(F)(F)CC1.[Na+]. The Bertz CT molecular complexity index is 179. The van der Waals surface area contributed by atoms with Crippen molar-refractivity contribution < 1.29 is 47.1 Å². The molecular weight excluding hydrogens is 209 g/mol. The molecule has 0 aliphatic heterocycles. The zero-order valence-electron chi connectivity index (χ0n) is 7.59. The molecule has 1 rings (SSSR count). The van der Waals surface area contributed by atoms with Crippen molar-refractivity contribution in [2.24, 2.45) is 5.92 Å². The van der Waals surface area contributed by atoms with Gasteiger partial charge in [-0.2, -0.15) is 0 Å². The van der Waals surface area contributed by atoms with Crippen LogP contribution in [-0.4, -0.2) is 20.4 Å². The number of rotatable bonds is 2. The molecule has 0 heterocycles. The summed E-state index contributed by atoms with van der Waals surface area (Å²) in [6.07, 6.45) is 0.353. The van der Waals surface area contributed by atoms with Gasteiger partial charge in [0.1, 0.15) is 0 Å². The van der Waals surface area contributed by atoms with Gasteiger partial charge in [-0.1, -0.05) is 11.1 Å². The van der Waals surface area contributed by atoms with Crippen molar-refractivity contribution in [2.75, 3.05) is 5.75 Å². The summed E-state index contributed by atoms with van der Waals surface area (Å²) in [5.41, 5.74) is 0. The van der Waals surface area contributed by atoms with Gasteiger partial charge < -0.3 is 4.55 Å². The van der Waals surface area contributed by atoms with Crippen molar-refractivity contribution >= 4 is 11.1 Å². The molecule has 6 heteroatoms. The molecule has 0 amide bonds. The number of hydrogen-bond donors (Lipinski definition) is 0. The maximum absolute atomic E-state index is 12.6. The first-order valence-corrected chi connectivity index (χ1v) is 5.18. The summed E-state index contributed by atoms with van der Waals surface area (Å²) in [4.78, 5) is 0. The molecule has 0 bridgehead atoms. The zero-order valence-corrected chi connectivity index (χ0v) is 10.4. The standard InChI is InChI=1S/C7H12F2O2S.Na/c8-7(9)3-1-6(2-4-7)5-12(10)11;/h6H,1-5H2,(H,10,11);/q;+1/p-1. The molecule has 0 aromatic carbocycles. The van der Waals surface area contributed by atoms with E-state index >= 15 is 0 Å². The van der Waals surface area contributed by atoms with Gasteiger partial charge in [0.15, 0.2) is 0 Å². The molecule has 1 unspecified atom stereocenters. The predicted octanol–water partition coefficient (Wildman–Crippen LogP) is -1.30. The quantitative estimate of drug-likeness (QED) is 0.428. The second-order valence-corrected chi connectivity index (χ2v) is 4.21. The largest absolute Gasteiger partial charge is 1.00 e. The summed E-state index contributed by atoms with van der Waals surface area (Å²) in [6, 6.07) is 0. The van der Waals surface area contributed by atoms with Gasteiger partial charge in [-0.3, -0.25) is 4.21 Å². The first-order valence-electron chi connectivity index (χ1n) is 3.93. The van der Waals surface area contributed by atoms with E-state index in [0.717, 1.165) is 0 Å². The second-order valence-electron chi connectivity index (χ2n) is 3.27. The Morgan fingerprint density at radius 3 is 2.23 bits per heavy atom. The van der Waals surface area contributed by atoms with Crippen LogP contribution in [0.1, 0.15) is 25.7 Å². The minimum atomic E-state index is -2.55. The van der Waals surface area contributed by atoms with Gasteiger partial charge in [0.2, 0.25) is 5.92 Å². The van der Waals surface area contributed by atoms with Crippen molar-refractivity contribution in [2.45, 2.75) is 31.6 Å². The molecule has 0 spiro atoms. The van der Waals surface area contributed by atoms with Crippen LogP contribution in [-0.2, 0) is 11.1 Å². The van der Waals surface area contributed by atoms with E-state index < -0.39 is 17.0 Å². The molecule has 0 N–H and O–H groups in total. The molecule has 1 aliphatic carbocycles. The maximum Gasteiger partial charge on any atom is 1.00 e. The topological polar surface area (TPSA) is 40.1 Å². The third kappa shape index (κ3) is 5.42. The Balaban J connectivity index is 0.00000144. The van der Waals surface area contributed by atoms with Crippen molar-refractivity contribution in [3.05, 3.63) is 0 Å². The number of alkyl halides is 2. The number of halogens is 2. The van der Waals surface area contributed by atoms with E-state index in [2.05, 4.69) is 0 Å². The molecule has 1 aliphatic rings. The Hall–Kier alpha value is 0.970. The van der Waals surface area contributed by atoms with Gasteiger partial charge in [-0.05, 0) is 18.8 Å². The summed E-state index contributed by atoms with van der Waals surface area (Å²) in [7, 11) is 0. The summed E-state index contributed by atoms with van der Waals surface area (Å²) in [6.45, 7) is 0. The molecular formula is C7H11F2NaO2S. The number of hydrogen-bond acceptors (Lipinski definition) is 2. The van der Waals surface area contributed by atoms with E-state index in [1.165, 1.54) is 0 Å². The Morgan fingerprint density at radius 2 is 1.85 bits per heavy atom. The fourth-order valence-corrected chi connectivity index (χ4v) is 2.18. The molecule has 72 valence electrons. The van der Waals surface area contributed by atoms with Gasteiger partial charge in [0.25, 0.3) is 0 Å². The minimum absolute atomic E-state index is 0. The van der Waals surface area contributed by atoms with Crippen LogP contribution in [0.5, 0.6) is 0 Å². The van der Waals surface area contributed by atoms with E-state index in [1.54, 1.807) is 0 Å². The Labute approximate surface area is 101 Å². The fraction of sp³-hybridized carbons (Fsp3) is 1.00. The van der Waals surface area contributed by atoms with Crippen molar-refractivity contribution in [1.82, 2.24) is 0 Å². The molecule has 1 saturated carbocycles. The third-order valence-electron chi connectivity index (χ3n) is 2.21. The first-order chi connectivity index (χ1) is 5.49. The van der Waals surface area contributed by atoms with Gasteiger partial charge >= 0.3 is 29.6 Å². The van der Waals surface area contributed by atoms with Crippen molar-refractivity contribution in [3.63, 3.8) is 0 Å². The smallest absolute Gasteiger partial charge is 0.772 e. The second kappa shape index (κ2) is 5.75. The third-order valence-corrected chi connectivity index (χ3v) is 2.95. The van der Waals surface area contributed by atoms with E-state index in [-0.39, 0.29) is 54.1 Å². The van der Waals surface area contributed by atoms with Crippen LogP contribution >= 0.6 is 0 Å². The molecule has 2 nitrogen and oxygen atoms in total. The molecule has 13 heavy (non-hydrogen) atoms. The van der Waals surface area contributed by atoms with Crippen LogP contribution < -0.4 is 29.6 Å². The molecule has 1 atom stereocenters. The predicted molar refractivity (Wildman–Crippen MR) is 40.7 cm³/mol. The average Bonchev–Trinajstić information content (AvgIpc) is 1.93. The zero-order chi connectivity index (χ0) is 9.19. The van der Waals surface area contributed by atoms with Crippen LogP contribution in [0.3, 0.4) is 0 Å². The van der Waals surface area contributed by atoms with Gasteiger partial charge in [-0.15, -0.1) is 0 Å². The minimum Gasteiger partial charge on any atom is -0.772 e. The van der Waals surface area contributed by atoms with E-state index in [4.69, 9.17) is 0 Å².